The van der Waals surface area contributed by atoms with E-state index in [9.17, 15) is 14.7 Å². The van der Waals surface area contributed by atoms with Gasteiger partial charge in [-0.05, 0) is 12.8 Å². The van der Waals surface area contributed by atoms with E-state index < -0.39 is 17.5 Å². The van der Waals surface area contributed by atoms with E-state index in [-0.39, 0.29) is 19.1 Å². The standard InChI is InChI=1S/C12H19NO5/c1-2-12(11(15)16)3-4-13(8-12)10(14)9-7-17-5-6-18-9/h9H,2-8H2,1H3,(H,15,16). The molecule has 2 aliphatic rings. The van der Waals surface area contributed by atoms with Crippen LogP contribution in [0.25, 0.3) is 0 Å². The number of nitrogens with zero attached hydrogens (tertiary/aromatic N) is 1. The van der Waals surface area contributed by atoms with E-state index >= 15 is 0 Å². The van der Waals surface area contributed by atoms with Crippen LogP contribution in [0.5, 0.6) is 0 Å². The minimum atomic E-state index is -0.818. The van der Waals surface area contributed by atoms with Gasteiger partial charge < -0.3 is 19.5 Å². The van der Waals surface area contributed by atoms with Crippen LogP contribution >= 0.6 is 0 Å². The fourth-order valence-electron chi connectivity index (χ4n) is 2.51. The molecule has 2 saturated heterocycles. The fourth-order valence-corrected chi connectivity index (χ4v) is 2.51. The number of aliphatic carboxylic acids is 1. The lowest BCUT2D eigenvalue weighted by Crippen LogP contribution is -2.45. The zero-order valence-electron chi connectivity index (χ0n) is 10.6. The molecule has 6 heteroatoms. The van der Waals surface area contributed by atoms with Gasteiger partial charge in [-0.25, -0.2) is 0 Å². The van der Waals surface area contributed by atoms with E-state index in [0.29, 0.717) is 32.6 Å². The number of hydrogen-bond acceptors (Lipinski definition) is 4. The maximum absolute atomic E-state index is 12.2. The summed E-state index contributed by atoms with van der Waals surface area (Å²) in [4.78, 5) is 25.1. The van der Waals surface area contributed by atoms with Crippen molar-refractivity contribution in [3.05, 3.63) is 0 Å². The Morgan fingerprint density at radius 3 is 2.72 bits per heavy atom. The third kappa shape index (κ3) is 2.35. The summed E-state index contributed by atoms with van der Waals surface area (Å²) in [7, 11) is 0. The SMILES string of the molecule is CCC1(C(=O)O)CCN(C(=O)C2COCCO2)C1. The van der Waals surface area contributed by atoms with Gasteiger partial charge in [-0.2, -0.15) is 0 Å². The second-order valence-corrected chi connectivity index (χ2v) is 4.88. The van der Waals surface area contributed by atoms with Crippen LogP contribution in [0.3, 0.4) is 0 Å². The van der Waals surface area contributed by atoms with Gasteiger partial charge in [0.15, 0.2) is 6.10 Å². The number of carbonyl (C=O) groups is 2. The van der Waals surface area contributed by atoms with Gasteiger partial charge in [0.1, 0.15) is 0 Å². The van der Waals surface area contributed by atoms with Crippen LogP contribution in [0.15, 0.2) is 0 Å². The molecule has 18 heavy (non-hydrogen) atoms. The Labute approximate surface area is 106 Å². The summed E-state index contributed by atoms with van der Waals surface area (Å²) in [6.07, 6.45) is 0.479. The average Bonchev–Trinajstić information content (AvgIpc) is 2.84. The van der Waals surface area contributed by atoms with Crippen LogP contribution in [0, 0.1) is 5.41 Å². The summed E-state index contributed by atoms with van der Waals surface area (Å²) in [6, 6.07) is 0. The Morgan fingerprint density at radius 2 is 2.22 bits per heavy atom. The normalized spacial score (nSPS) is 32.5. The summed E-state index contributed by atoms with van der Waals surface area (Å²) in [5, 5.41) is 9.28. The van der Waals surface area contributed by atoms with Crippen LogP contribution in [0.2, 0.25) is 0 Å². The first kappa shape index (κ1) is 13.3. The summed E-state index contributed by atoms with van der Waals surface area (Å²) in [5.41, 5.74) is -0.787. The monoisotopic (exact) mass is 257 g/mol. The number of likely N-dealkylation sites (tertiary alicyclic amines) is 1. The maximum atomic E-state index is 12.2. The van der Waals surface area contributed by atoms with Crippen molar-refractivity contribution in [3.8, 4) is 0 Å². The van der Waals surface area contributed by atoms with E-state index in [1.165, 1.54) is 0 Å². The number of rotatable bonds is 3. The van der Waals surface area contributed by atoms with Crippen molar-refractivity contribution in [3.63, 3.8) is 0 Å². The summed E-state index contributed by atoms with van der Waals surface area (Å²) >= 11 is 0. The molecule has 0 radical (unpaired) electrons. The smallest absolute Gasteiger partial charge is 0.311 e. The number of carbonyl (C=O) groups excluding carboxylic acids is 1. The number of hydrogen-bond donors (Lipinski definition) is 1. The molecular weight excluding hydrogens is 238 g/mol. The highest BCUT2D eigenvalue weighted by molar-refractivity contribution is 5.83. The molecule has 2 heterocycles. The Balaban J connectivity index is 1.99. The minimum absolute atomic E-state index is 0.147. The highest BCUT2D eigenvalue weighted by atomic mass is 16.6. The molecule has 2 aliphatic heterocycles. The molecule has 6 nitrogen and oxygen atoms in total. The lowest BCUT2D eigenvalue weighted by Gasteiger charge is -2.28. The van der Waals surface area contributed by atoms with E-state index in [0.717, 1.165) is 0 Å². The Morgan fingerprint density at radius 1 is 1.44 bits per heavy atom. The van der Waals surface area contributed by atoms with Crippen molar-refractivity contribution < 1.29 is 24.2 Å². The largest absolute Gasteiger partial charge is 0.481 e. The number of carboxylic acids is 1. The molecule has 2 atom stereocenters. The predicted octanol–water partition coefficient (Wildman–Crippen LogP) is 0.115. The van der Waals surface area contributed by atoms with Gasteiger partial charge in [0.2, 0.25) is 0 Å². The Hall–Kier alpha value is -1.14. The zero-order valence-corrected chi connectivity index (χ0v) is 10.6. The Kier molecular flexibility index (Phi) is 3.87. The van der Waals surface area contributed by atoms with E-state index in [2.05, 4.69) is 0 Å². The molecule has 0 aliphatic carbocycles. The van der Waals surface area contributed by atoms with Crippen LogP contribution < -0.4 is 0 Å². The average molecular weight is 257 g/mol. The van der Waals surface area contributed by atoms with E-state index in [1.807, 2.05) is 6.92 Å². The van der Waals surface area contributed by atoms with Gasteiger partial charge in [0, 0.05) is 13.1 Å². The minimum Gasteiger partial charge on any atom is -0.481 e. The van der Waals surface area contributed by atoms with Gasteiger partial charge in [0.05, 0.1) is 25.2 Å². The number of amides is 1. The first-order valence-electron chi connectivity index (χ1n) is 6.30. The lowest BCUT2D eigenvalue weighted by atomic mass is 9.84. The summed E-state index contributed by atoms with van der Waals surface area (Å²) in [6.45, 7) is 3.81. The summed E-state index contributed by atoms with van der Waals surface area (Å²) in [5.74, 6) is -0.965. The molecule has 0 aromatic carbocycles. The second-order valence-electron chi connectivity index (χ2n) is 4.88. The third-order valence-electron chi connectivity index (χ3n) is 3.89. The molecule has 1 N–H and O–H groups in total. The van der Waals surface area contributed by atoms with Gasteiger partial charge in [-0.3, -0.25) is 9.59 Å². The fraction of sp³-hybridized carbons (Fsp3) is 0.833. The van der Waals surface area contributed by atoms with Gasteiger partial charge in [-0.1, -0.05) is 6.92 Å². The van der Waals surface area contributed by atoms with Gasteiger partial charge in [0.25, 0.3) is 5.91 Å². The number of carboxylic acid groups (broad SMARTS) is 1. The van der Waals surface area contributed by atoms with Gasteiger partial charge >= 0.3 is 5.97 Å². The molecule has 0 aromatic heterocycles. The van der Waals surface area contributed by atoms with Crippen molar-refractivity contribution >= 4 is 11.9 Å². The highest BCUT2D eigenvalue weighted by Crippen LogP contribution is 2.34. The van der Waals surface area contributed by atoms with E-state index in [4.69, 9.17) is 9.47 Å². The van der Waals surface area contributed by atoms with Crippen LogP contribution in [0.1, 0.15) is 19.8 Å². The molecule has 1 amide bonds. The topological polar surface area (TPSA) is 76.1 Å². The third-order valence-corrected chi connectivity index (χ3v) is 3.89. The second kappa shape index (κ2) is 5.24. The molecule has 2 unspecified atom stereocenters. The molecule has 0 saturated carbocycles. The first-order valence-corrected chi connectivity index (χ1v) is 6.30. The van der Waals surface area contributed by atoms with Crippen molar-refractivity contribution in [2.24, 2.45) is 5.41 Å². The van der Waals surface area contributed by atoms with Crippen molar-refractivity contribution in [2.45, 2.75) is 25.9 Å². The molecule has 2 fully saturated rings. The van der Waals surface area contributed by atoms with Crippen LogP contribution in [-0.2, 0) is 19.1 Å². The molecule has 2 rings (SSSR count). The first-order chi connectivity index (χ1) is 8.59. The molecule has 0 spiro atoms. The Bertz CT molecular complexity index is 339. The highest BCUT2D eigenvalue weighted by Gasteiger charge is 2.46. The lowest BCUT2D eigenvalue weighted by molar-refractivity contribution is -0.158. The van der Waals surface area contributed by atoms with Crippen molar-refractivity contribution in [1.82, 2.24) is 4.90 Å². The molecule has 0 aromatic rings. The predicted molar refractivity (Wildman–Crippen MR) is 62.1 cm³/mol. The summed E-state index contributed by atoms with van der Waals surface area (Å²) < 4.78 is 10.6. The van der Waals surface area contributed by atoms with Crippen molar-refractivity contribution in [1.29, 1.82) is 0 Å². The van der Waals surface area contributed by atoms with Crippen LogP contribution in [-0.4, -0.2) is 60.9 Å². The zero-order chi connectivity index (χ0) is 13.2. The molecular formula is C12H19NO5. The van der Waals surface area contributed by atoms with Crippen LogP contribution in [0.4, 0.5) is 0 Å². The quantitative estimate of drug-likeness (QED) is 0.777. The maximum Gasteiger partial charge on any atom is 0.311 e. The molecule has 102 valence electrons. The van der Waals surface area contributed by atoms with Gasteiger partial charge in [-0.15, -0.1) is 0 Å². The van der Waals surface area contributed by atoms with Crippen molar-refractivity contribution in [2.75, 3.05) is 32.9 Å². The number of ether oxygens (including phenoxy) is 2. The molecule has 0 bridgehead atoms. The van der Waals surface area contributed by atoms with E-state index in [1.54, 1.807) is 4.90 Å².